The number of aryl methyl sites for hydroxylation is 1. The fourth-order valence-electron chi connectivity index (χ4n) is 2.55. The molecule has 23 heavy (non-hydrogen) atoms. The number of ether oxygens (including phenoxy) is 1. The van der Waals surface area contributed by atoms with Crippen molar-refractivity contribution in [1.29, 1.82) is 0 Å². The summed E-state index contributed by atoms with van der Waals surface area (Å²) in [5.74, 6) is 0.489. The first-order valence-corrected chi connectivity index (χ1v) is 9.80. The van der Waals surface area contributed by atoms with Gasteiger partial charge in [-0.1, -0.05) is 23.8 Å². The molecule has 0 bridgehead atoms. The monoisotopic (exact) mass is 334 g/mol. The Bertz CT molecular complexity index is 691. The van der Waals surface area contributed by atoms with Gasteiger partial charge in [-0.05, 0) is 69.7 Å². The van der Waals surface area contributed by atoms with Crippen molar-refractivity contribution in [3.05, 3.63) is 52.8 Å². The van der Waals surface area contributed by atoms with Gasteiger partial charge in [-0.2, -0.15) is 0 Å². The van der Waals surface area contributed by atoms with E-state index in [0.717, 1.165) is 24.0 Å². The summed E-state index contributed by atoms with van der Waals surface area (Å²) in [4.78, 5) is 0.349. The second-order valence-corrected chi connectivity index (χ2v) is 8.38. The second kappa shape index (κ2) is 7.82. The Morgan fingerprint density at radius 1 is 1.13 bits per heavy atom. The van der Waals surface area contributed by atoms with Gasteiger partial charge in [0.25, 0.3) is 0 Å². The Labute approximate surface area is 140 Å². The largest absolute Gasteiger partial charge is 0.493 e. The molecule has 0 saturated carbocycles. The van der Waals surface area contributed by atoms with Crippen molar-refractivity contribution in [3.8, 4) is 0 Å². The van der Waals surface area contributed by atoms with E-state index in [-0.39, 0.29) is 5.75 Å². The molecule has 0 amide bonds. The van der Waals surface area contributed by atoms with Crippen molar-refractivity contribution in [2.24, 2.45) is 0 Å². The second-order valence-electron chi connectivity index (χ2n) is 6.39. The van der Waals surface area contributed by atoms with Crippen molar-refractivity contribution >= 4 is 9.84 Å². The lowest BCUT2D eigenvalue weighted by atomic mass is 10.0. The third-order valence-electron chi connectivity index (χ3n) is 4.08. The Kier molecular flexibility index (Phi) is 6.05. The van der Waals surface area contributed by atoms with E-state index in [2.05, 4.69) is 6.08 Å². The lowest BCUT2D eigenvalue weighted by Crippen LogP contribution is -2.14. The summed E-state index contributed by atoms with van der Waals surface area (Å²) in [6.07, 6.45) is 6.81. The predicted molar refractivity (Wildman–Crippen MR) is 94.1 cm³/mol. The maximum Gasteiger partial charge on any atom is 0.185 e. The molecule has 0 aliphatic heterocycles. The van der Waals surface area contributed by atoms with Crippen LogP contribution in [0.4, 0.5) is 0 Å². The molecule has 0 fully saturated rings. The average Bonchev–Trinajstić information content (AvgIpc) is 2.52. The first kappa shape index (κ1) is 17.8. The summed E-state index contributed by atoms with van der Waals surface area (Å²) < 4.78 is 31.0. The van der Waals surface area contributed by atoms with Gasteiger partial charge < -0.3 is 4.74 Å². The zero-order valence-corrected chi connectivity index (χ0v) is 15.1. The van der Waals surface area contributed by atoms with Crippen LogP contribution in [-0.4, -0.2) is 20.8 Å². The number of rotatable bonds is 6. The van der Waals surface area contributed by atoms with Crippen molar-refractivity contribution in [3.63, 3.8) is 0 Å². The van der Waals surface area contributed by atoms with Crippen LogP contribution in [0.5, 0.6) is 0 Å². The molecule has 0 unspecified atom stereocenters. The average molecular weight is 334 g/mol. The topological polar surface area (TPSA) is 43.4 Å². The van der Waals surface area contributed by atoms with E-state index in [1.165, 1.54) is 18.4 Å². The highest BCUT2D eigenvalue weighted by Crippen LogP contribution is 2.21. The number of sulfone groups is 1. The van der Waals surface area contributed by atoms with Gasteiger partial charge in [-0.15, -0.1) is 0 Å². The van der Waals surface area contributed by atoms with Crippen LogP contribution in [0.1, 0.15) is 45.1 Å². The highest BCUT2D eigenvalue weighted by atomic mass is 32.2. The third-order valence-corrected chi connectivity index (χ3v) is 5.71. The zero-order chi connectivity index (χ0) is 16.9. The van der Waals surface area contributed by atoms with E-state index in [1.807, 2.05) is 32.9 Å². The van der Waals surface area contributed by atoms with Gasteiger partial charge in [0.15, 0.2) is 9.84 Å². The number of benzene rings is 1. The van der Waals surface area contributed by atoms with Gasteiger partial charge in [-0.25, -0.2) is 8.42 Å². The van der Waals surface area contributed by atoms with Gasteiger partial charge in [-0.3, -0.25) is 0 Å². The fraction of sp³-hybridized carbons (Fsp3) is 0.474. The van der Waals surface area contributed by atoms with E-state index in [1.54, 1.807) is 12.1 Å². The molecule has 1 aliphatic carbocycles. The zero-order valence-electron chi connectivity index (χ0n) is 14.3. The lowest BCUT2D eigenvalue weighted by Gasteiger charge is -2.17. The maximum atomic E-state index is 12.6. The standard InChI is InChI=1S/C19H26O3S/c1-15(2)19(22-13-17-7-5-4-6-8-17)14-23(20,21)18-11-9-16(3)10-12-18/h7,9-12H,4-6,8,13-14H2,1-3H3. The van der Waals surface area contributed by atoms with Crippen LogP contribution < -0.4 is 0 Å². The number of allylic oxidation sites excluding steroid dienone is 2. The first-order valence-electron chi connectivity index (χ1n) is 8.15. The van der Waals surface area contributed by atoms with Crippen LogP contribution in [-0.2, 0) is 14.6 Å². The molecule has 2 rings (SSSR count). The molecule has 1 aliphatic rings. The van der Waals surface area contributed by atoms with Crippen molar-refractivity contribution in [1.82, 2.24) is 0 Å². The molecule has 3 nitrogen and oxygen atoms in total. The maximum absolute atomic E-state index is 12.6. The Morgan fingerprint density at radius 3 is 2.39 bits per heavy atom. The van der Waals surface area contributed by atoms with Crippen molar-refractivity contribution < 1.29 is 13.2 Å². The third kappa shape index (κ3) is 5.24. The normalized spacial score (nSPS) is 15.0. The van der Waals surface area contributed by atoms with Gasteiger partial charge in [0.1, 0.15) is 18.1 Å². The number of hydrogen-bond acceptors (Lipinski definition) is 3. The smallest absolute Gasteiger partial charge is 0.185 e. The summed E-state index contributed by atoms with van der Waals surface area (Å²) >= 11 is 0. The highest BCUT2D eigenvalue weighted by Gasteiger charge is 2.19. The molecule has 0 saturated heterocycles. The van der Waals surface area contributed by atoms with Crippen LogP contribution in [0.3, 0.4) is 0 Å². The Morgan fingerprint density at radius 2 is 1.83 bits per heavy atom. The van der Waals surface area contributed by atoms with E-state index in [0.29, 0.717) is 17.3 Å². The summed E-state index contributed by atoms with van der Waals surface area (Å²) in [5, 5.41) is 0. The van der Waals surface area contributed by atoms with E-state index in [4.69, 9.17) is 4.74 Å². The Hall–Kier alpha value is -1.55. The van der Waals surface area contributed by atoms with E-state index >= 15 is 0 Å². The van der Waals surface area contributed by atoms with Crippen LogP contribution in [0.25, 0.3) is 0 Å². The van der Waals surface area contributed by atoms with Gasteiger partial charge in [0.2, 0.25) is 0 Å². The molecule has 0 aromatic heterocycles. The molecule has 1 aromatic rings. The van der Waals surface area contributed by atoms with E-state index in [9.17, 15) is 8.42 Å². The molecule has 126 valence electrons. The SMILES string of the molecule is CC(C)=C(CS(=O)(=O)c1ccc(C)cc1)OCC1=CCCCC1. The minimum Gasteiger partial charge on any atom is -0.493 e. The van der Waals surface area contributed by atoms with Gasteiger partial charge in [0.05, 0.1) is 4.90 Å². The molecular formula is C19H26O3S. The van der Waals surface area contributed by atoms with Crippen LogP contribution >= 0.6 is 0 Å². The molecule has 0 atom stereocenters. The van der Waals surface area contributed by atoms with Crippen LogP contribution in [0, 0.1) is 6.92 Å². The molecule has 0 radical (unpaired) electrons. The van der Waals surface area contributed by atoms with E-state index < -0.39 is 9.84 Å². The molecule has 0 N–H and O–H groups in total. The fourth-order valence-corrected chi connectivity index (χ4v) is 3.98. The first-order chi connectivity index (χ1) is 10.9. The van der Waals surface area contributed by atoms with Crippen LogP contribution in [0.15, 0.2) is 52.1 Å². The molecule has 4 heteroatoms. The summed E-state index contributed by atoms with van der Waals surface area (Å²) in [6, 6.07) is 6.97. The minimum absolute atomic E-state index is 0.0777. The summed E-state index contributed by atoms with van der Waals surface area (Å²) in [6.45, 7) is 6.24. The quantitative estimate of drug-likeness (QED) is 0.565. The molecule has 0 heterocycles. The summed E-state index contributed by atoms with van der Waals surface area (Å²) in [5.41, 5.74) is 3.24. The number of hydrogen-bond donors (Lipinski definition) is 0. The highest BCUT2D eigenvalue weighted by molar-refractivity contribution is 7.91. The van der Waals surface area contributed by atoms with Crippen molar-refractivity contribution in [2.75, 3.05) is 12.4 Å². The van der Waals surface area contributed by atoms with Crippen molar-refractivity contribution in [2.45, 2.75) is 51.3 Å². The molecule has 1 aromatic carbocycles. The predicted octanol–water partition coefficient (Wildman–Crippen LogP) is 4.58. The van der Waals surface area contributed by atoms with Gasteiger partial charge in [0, 0.05) is 0 Å². The minimum atomic E-state index is -3.38. The van der Waals surface area contributed by atoms with Crippen LogP contribution in [0.2, 0.25) is 0 Å². The molecular weight excluding hydrogens is 308 g/mol. The lowest BCUT2D eigenvalue weighted by molar-refractivity contribution is 0.234. The van der Waals surface area contributed by atoms with Gasteiger partial charge >= 0.3 is 0 Å². The Balaban J connectivity index is 2.08. The summed E-state index contributed by atoms with van der Waals surface area (Å²) in [7, 11) is -3.38. The molecule has 0 spiro atoms.